The van der Waals surface area contributed by atoms with E-state index in [0.29, 0.717) is 28.6 Å². The van der Waals surface area contributed by atoms with E-state index in [1.807, 2.05) is 35.2 Å². The van der Waals surface area contributed by atoms with Gasteiger partial charge in [0.1, 0.15) is 6.04 Å². The quantitative estimate of drug-likeness (QED) is 0.396. The number of rotatable bonds is 9. The van der Waals surface area contributed by atoms with Crippen molar-refractivity contribution in [1.29, 1.82) is 0 Å². The molecule has 2 aromatic rings. The number of thiocarbonyl (C=S) groups is 1. The lowest BCUT2D eigenvalue weighted by Gasteiger charge is -2.34. The van der Waals surface area contributed by atoms with Gasteiger partial charge in [0.25, 0.3) is 5.91 Å². The molecule has 2 aliphatic heterocycles. The fraction of sp³-hybridized carbons (Fsp3) is 0.407. The van der Waals surface area contributed by atoms with Crippen molar-refractivity contribution < 1.29 is 19.1 Å². The molecule has 2 heterocycles. The number of benzene rings is 2. The third-order valence-corrected chi connectivity index (χ3v) is 7.06. The van der Waals surface area contributed by atoms with Crippen molar-refractivity contribution in [3.8, 4) is 0 Å². The fourth-order valence-corrected chi connectivity index (χ4v) is 4.93. The van der Waals surface area contributed by atoms with Gasteiger partial charge in [-0.25, -0.2) is 4.79 Å². The number of likely N-dealkylation sites (N-methyl/N-ethyl adjacent to an activating group) is 1. The minimum atomic E-state index is -0.714. The smallest absolute Gasteiger partial charge is 0.338 e. The molecule has 10 heteroatoms. The number of hydrogen-bond acceptors (Lipinski definition) is 7. The molecule has 4 rings (SSSR count). The third kappa shape index (κ3) is 6.51. The van der Waals surface area contributed by atoms with Crippen molar-refractivity contribution in [2.24, 2.45) is 0 Å². The summed E-state index contributed by atoms with van der Waals surface area (Å²) in [5.74, 6) is -0.930. The number of nitrogens with one attached hydrogen (secondary N) is 1. The van der Waals surface area contributed by atoms with Gasteiger partial charge in [-0.2, -0.15) is 0 Å². The van der Waals surface area contributed by atoms with Crippen LogP contribution >= 0.6 is 12.2 Å². The molecule has 0 aliphatic carbocycles. The van der Waals surface area contributed by atoms with Crippen molar-refractivity contribution in [3.63, 3.8) is 0 Å². The fourth-order valence-electron chi connectivity index (χ4n) is 4.52. The molecule has 2 amide bonds. The zero-order valence-electron chi connectivity index (χ0n) is 21.3. The van der Waals surface area contributed by atoms with Crippen LogP contribution in [0.25, 0.3) is 0 Å². The summed E-state index contributed by atoms with van der Waals surface area (Å²) >= 11 is 5.77. The highest BCUT2D eigenvalue weighted by Gasteiger charge is 2.44. The summed E-state index contributed by atoms with van der Waals surface area (Å²) < 4.78 is 5.05. The summed E-state index contributed by atoms with van der Waals surface area (Å²) in [4.78, 5) is 46.6. The van der Waals surface area contributed by atoms with E-state index in [1.54, 1.807) is 31.2 Å². The van der Waals surface area contributed by atoms with Crippen LogP contribution < -0.4 is 10.2 Å². The maximum Gasteiger partial charge on any atom is 0.338 e. The van der Waals surface area contributed by atoms with E-state index in [1.165, 1.54) is 4.90 Å². The zero-order chi connectivity index (χ0) is 26.4. The van der Waals surface area contributed by atoms with Crippen LogP contribution in [0.1, 0.15) is 23.7 Å². The second-order valence-corrected chi connectivity index (χ2v) is 9.56. The van der Waals surface area contributed by atoms with E-state index >= 15 is 0 Å². The van der Waals surface area contributed by atoms with Gasteiger partial charge in [0.2, 0.25) is 5.91 Å². The molecule has 0 bridgehead atoms. The largest absolute Gasteiger partial charge is 0.462 e. The van der Waals surface area contributed by atoms with E-state index in [2.05, 4.69) is 22.2 Å². The normalized spacial score (nSPS) is 18.8. The number of esters is 1. The van der Waals surface area contributed by atoms with Gasteiger partial charge >= 0.3 is 5.97 Å². The van der Waals surface area contributed by atoms with Crippen LogP contribution in [0, 0.1) is 0 Å². The molecule has 2 saturated heterocycles. The van der Waals surface area contributed by atoms with Gasteiger partial charge in [-0.3, -0.25) is 19.4 Å². The first-order chi connectivity index (χ1) is 17.9. The molecule has 196 valence electrons. The van der Waals surface area contributed by atoms with Gasteiger partial charge in [-0.05, 0) is 62.6 Å². The number of ether oxygens (including phenoxy) is 1. The standard InChI is InChI=1S/C27H33N5O4S/c1-3-36-26(35)20-9-11-22(12-10-20)32-25(34)23(19-24(33)28-21-7-5-4-6-8-21)31(27(32)37)18-17-30-15-13-29(2)14-16-30/h4-12,23H,3,13-19H2,1-2H3,(H,28,33)/t23-/m1/s1. The van der Waals surface area contributed by atoms with Crippen LogP contribution in [0.4, 0.5) is 11.4 Å². The number of carbonyl (C=O) groups excluding carboxylic acids is 3. The Morgan fingerprint density at radius 1 is 1.00 bits per heavy atom. The molecule has 0 saturated carbocycles. The third-order valence-electron chi connectivity index (χ3n) is 6.64. The molecular weight excluding hydrogens is 490 g/mol. The van der Waals surface area contributed by atoms with Crippen LogP contribution in [0.3, 0.4) is 0 Å². The Morgan fingerprint density at radius 3 is 2.32 bits per heavy atom. The average molecular weight is 524 g/mol. The molecule has 37 heavy (non-hydrogen) atoms. The molecule has 0 radical (unpaired) electrons. The predicted octanol–water partition coefficient (Wildman–Crippen LogP) is 2.44. The highest BCUT2D eigenvalue weighted by atomic mass is 32.1. The Morgan fingerprint density at radius 2 is 1.68 bits per heavy atom. The Balaban J connectivity index is 1.51. The molecular formula is C27H33N5O4S. The minimum absolute atomic E-state index is 0.0198. The van der Waals surface area contributed by atoms with Crippen molar-refractivity contribution in [2.75, 3.05) is 63.1 Å². The van der Waals surface area contributed by atoms with Crippen molar-refractivity contribution in [2.45, 2.75) is 19.4 Å². The second-order valence-electron chi connectivity index (χ2n) is 9.20. The molecule has 1 N–H and O–H groups in total. The maximum atomic E-state index is 13.6. The zero-order valence-corrected chi connectivity index (χ0v) is 22.1. The number of carbonyl (C=O) groups is 3. The SMILES string of the molecule is CCOC(=O)c1ccc(N2C(=O)[C@@H](CC(=O)Nc3ccccc3)N(CCN3CCN(C)CC3)C2=S)cc1. The topological polar surface area (TPSA) is 85.4 Å². The van der Waals surface area contributed by atoms with Gasteiger partial charge < -0.3 is 19.9 Å². The van der Waals surface area contributed by atoms with Gasteiger partial charge in [0.15, 0.2) is 5.11 Å². The predicted molar refractivity (Wildman–Crippen MR) is 147 cm³/mol. The second kappa shape index (κ2) is 12.3. The van der Waals surface area contributed by atoms with Gasteiger partial charge in [-0.1, -0.05) is 18.2 Å². The lowest BCUT2D eigenvalue weighted by atomic mass is 10.1. The summed E-state index contributed by atoms with van der Waals surface area (Å²) in [6.07, 6.45) is -0.0198. The highest BCUT2D eigenvalue weighted by Crippen LogP contribution is 2.28. The highest BCUT2D eigenvalue weighted by molar-refractivity contribution is 7.80. The lowest BCUT2D eigenvalue weighted by molar-refractivity contribution is -0.124. The minimum Gasteiger partial charge on any atom is -0.462 e. The molecule has 0 aromatic heterocycles. The van der Waals surface area contributed by atoms with Crippen molar-refractivity contribution >= 4 is 46.5 Å². The van der Waals surface area contributed by atoms with Crippen LogP contribution in [0.2, 0.25) is 0 Å². The summed E-state index contributed by atoms with van der Waals surface area (Å²) in [5.41, 5.74) is 1.63. The molecule has 0 unspecified atom stereocenters. The number of para-hydroxylation sites is 1. The van der Waals surface area contributed by atoms with E-state index in [-0.39, 0.29) is 24.8 Å². The Hall–Kier alpha value is -3.34. The summed E-state index contributed by atoms with van der Waals surface area (Å²) in [6, 6.07) is 15.1. The molecule has 9 nitrogen and oxygen atoms in total. The monoisotopic (exact) mass is 523 g/mol. The Bertz CT molecular complexity index is 1120. The molecule has 2 aromatic carbocycles. The summed E-state index contributed by atoms with van der Waals surface area (Å²) in [7, 11) is 2.11. The van der Waals surface area contributed by atoms with Gasteiger partial charge in [0.05, 0.1) is 24.3 Å². The lowest BCUT2D eigenvalue weighted by Crippen LogP contribution is -2.48. The van der Waals surface area contributed by atoms with Crippen LogP contribution in [0.15, 0.2) is 54.6 Å². The molecule has 2 aliphatic rings. The Labute approximate surface area is 222 Å². The van der Waals surface area contributed by atoms with E-state index in [4.69, 9.17) is 17.0 Å². The first-order valence-electron chi connectivity index (χ1n) is 12.5. The maximum absolute atomic E-state index is 13.6. The number of anilines is 2. The van der Waals surface area contributed by atoms with E-state index < -0.39 is 12.0 Å². The van der Waals surface area contributed by atoms with Crippen molar-refractivity contribution in [1.82, 2.24) is 14.7 Å². The summed E-state index contributed by atoms with van der Waals surface area (Å²) in [5, 5.41) is 3.24. The number of nitrogens with zero attached hydrogens (tertiary/aromatic N) is 4. The first-order valence-corrected chi connectivity index (χ1v) is 13.0. The number of piperazine rings is 1. The Kier molecular flexibility index (Phi) is 8.86. The van der Waals surface area contributed by atoms with Gasteiger partial charge in [-0.15, -0.1) is 0 Å². The van der Waals surface area contributed by atoms with E-state index in [9.17, 15) is 14.4 Å². The van der Waals surface area contributed by atoms with Crippen LogP contribution in [-0.2, 0) is 14.3 Å². The summed E-state index contributed by atoms with van der Waals surface area (Å²) in [6.45, 7) is 7.19. The average Bonchev–Trinajstić information content (AvgIpc) is 3.12. The first kappa shape index (κ1) is 26.7. The van der Waals surface area contributed by atoms with Crippen LogP contribution in [-0.4, -0.2) is 96.6 Å². The van der Waals surface area contributed by atoms with Crippen LogP contribution in [0.5, 0.6) is 0 Å². The molecule has 2 fully saturated rings. The number of hydrogen-bond donors (Lipinski definition) is 1. The molecule has 0 spiro atoms. The van der Waals surface area contributed by atoms with E-state index in [0.717, 1.165) is 32.7 Å². The van der Waals surface area contributed by atoms with Crippen molar-refractivity contribution in [3.05, 3.63) is 60.2 Å². The molecule has 1 atom stereocenters. The number of amides is 2. The van der Waals surface area contributed by atoms with Gasteiger partial charge in [0, 0.05) is 45.0 Å².